The lowest BCUT2D eigenvalue weighted by Gasteiger charge is -2.06. The Hall–Kier alpha value is -3.26. The monoisotopic (exact) mass is 290 g/mol. The van der Waals surface area contributed by atoms with Crippen LogP contribution < -0.4 is 10.7 Å². The van der Waals surface area contributed by atoms with Crippen LogP contribution in [0.5, 0.6) is 0 Å². The number of hydrogen-bond acceptors (Lipinski definition) is 2. The number of fused-ring (bicyclic) bond motifs is 1. The molecule has 1 heterocycles. The number of rotatable bonds is 2. The van der Waals surface area contributed by atoms with Gasteiger partial charge in [-0.25, -0.2) is 19.9 Å². The van der Waals surface area contributed by atoms with Crippen LogP contribution in [0.1, 0.15) is 5.56 Å². The van der Waals surface area contributed by atoms with Gasteiger partial charge in [0.05, 0.1) is 17.6 Å². The fraction of sp³-hybridized carbons (Fsp3) is 0.0588. The number of carbonyl (C=O) groups is 1. The van der Waals surface area contributed by atoms with Gasteiger partial charge in [0, 0.05) is 5.56 Å². The molecule has 5 nitrogen and oxygen atoms in total. The van der Waals surface area contributed by atoms with Gasteiger partial charge < -0.3 is 5.32 Å². The first-order chi connectivity index (χ1) is 10.8. The predicted molar refractivity (Wildman–Crippen MR) is 85.8 cm³/mol. The highest BCUT2D eigenvalue weighted by Gasteiger charge is 2.04. The summed E-state index contributed by atoms with van der Waals surface area (Å²) in [7, 11) is 0. The van der Waals surface area contributed by atoms with Crippen molar-refractivity contribution in [1.82, 2.24) is 15.0 Å². The maximum absolute atomic E-state index is 11.8. The Kier molecular flexibility index (Phi) is 4.03. The minimum atomic E-state index is -0.328. The molecule has 22 heavy (non-hydrogen) atoms. The van der Waals surface area contributed by atoms with Gasteiger partial charge in [-0.2, -0.15) is 0 Å². The zero-order valence-corrected chi connectivity index (χ0v) is 11.8. The summed E-state index contributed by atoms with van der Waals surface area (Å²) in [5.41, 5.74) is 5.29. The Bertz CT molecular complexity index is 843. The van der Waals surface area contributed by atoms with E-state index < -0.39 is 0 Å². The highest BCUT2D eigenvalue weighted by atomic mass is 16.2. The summed E-state index contributed by atoms with van der Waals surface area (Å²) < 4.78 is 1.58. The van der Waals surface area contributed by atoms with Crippen LogP contribution in [-0.2, 0) is 0 Å². The van der Waals surface area contributed by atoms with E-state index in [1.165, 1.54) is 0 Å². The first-order valence-corrected chi connectivity index (χ1v) is 6.84. The van der Waals surface area contributed by atoms with Crippen molar-refractivity contribution in [2.75, 3.05) is 12.0 Å². The molecule has 0 saturated heterocycles. The Morgan fingerprint density at radius 3 is 2.73 bits per heavy atom. The number of hydrogen-bond donors (Lipinski definition) is 2. The van der Waals surface area contributed by atoms with Crippen molar-refractivity contribution < 1.29 is 4.79 Å². The molecule has 1 aromatic heterocycles. The van der Waals surface area contributed by atoms with Gasteiger partial charge in [-0.15, -0.1) is 0 Å². The molecule has 5 heteroatoms. The molecular formula is C17H14N4O. The Balaban J connectivity index is 1.56. The summed E-state index contributed by atoms with van der Waals surface area (Å²) >= 11 is 0. The molecular weight excluding hydrogens is 276 g/mol. The number of carbonyl (C=O) groups excluding carboxylic acids is 1. The maximum atomic E-state index is 11.8. The average Bonchev–Trinajstić information content (AvgIpc) is 2.96. The van der Waals surface area contributed by atoms with E-state index in [4.69, 9.17) is 0 Å². The van der Waals surface area contributed by atoms with Crippen LogP contribution in [0.15, 0.2) is 60.9 Å². The van der Waals surface area contributed by atoms with Gasteiger partial charge in [-0.1, -0.05) is 42.2 Å². The zero-order chi connectivity index (χ0) is 15.2. The molecule has 0 spiro atoms. The van der Waals surface area contributed by atoms with Crippen LogP contribution in [0.4, 0.5) is 4.79 Å². The number of nitrogens with one attached hydrogen (secondary N) is 2. The molecule has 0 aliphatic heterocycles. The van der Waals surface area contributed by atoms with Crippen LogP contribution in [-0.4, -0.2) is 22.2 Å². The highest BCUT2D eigenvalue weighted by molar-refractivity contribution is 5.85. The topological polar surface area (TPSA) is 59.0 Å². The van der Waals surface area contributed by atoms with Crippen LogP contribution in [0, 0.1) is 11.8 Å². The summed E-state index contributed by atoms with van der Waals surface area (Å²) in [5.74, 6) is 5.88. The van der Waals surface area contributed by atoms with E-state index in [2.05, 4.69) is 27.6 Å². The Morgan fingerprint density at radius 2 is 1.86 bits per heavy atom. The van der Waals surface area contributed by atoms with Crippen LogP contribution in [0.2, 0.25) is 0 Å². The van der Waals surface area contributed by atoms with Crippen molar-refractivity contribution in [3.8, 4) is 11.8 Å². The van der Waals surface area contributed by atoms with Gasteiger partial charge in [0.2, 0.25) is 0 Å². The second kappa shape index (κ2) is 6.46. The van der Waals surface area contributed by atoms with E-state index in [9.17, 15) is 4.79 Å². The lowest BCUT2D eigenvalue weighted by atomic mass is 10.2. The van der Waals surface area contributed by atoms with Crippen molar-refractivity contribution >= 4 is 17.1 Å². The highest BCUT2D eigenvalue weighted by Crippen LogP contribution is 2.09. The molecule has 2 N–H and O–H groups in total. The van der Waals surface area contributed by atoms with Crippen LogP contribution >= 0.6 is 0 Å². The number of benzene rings is 2. The molecule has 3 rings (SSSR count). The summed E-state index contributed by atoms with van der Waals surface area (Å²) in [6.45, 7) is 0.271. The Morgan fingerprint density at radius 1 is 1.09 bits per heavy atom. The lowest BCUT2D eigenvalue weighted by molar-refractivity contribution is 0.250. The second-order valence-corrected chi connectivity index (χ2v) is 4.57. The van der Waals surface area contributed by atoms with Crippen molar-refractivity contribution in [2.24, 2.45) is 0 Å². The number of urea groups is 1. The first kappa shape index (κ1) is 13.7. The standard InChI is InChI=1S/C17H14N4O/c22-17(18-12-6-9-14-7-2-1-3-8-14)20-21-13-19-15-10-4-5-11-16(15)21/h1-5,7-8,10-11,13H,12H2,(H2,18,20,22). The molecule has 0 fully saturated rings. The smallest absolute Gasteiger partial charge is 0.326 e. The number of imidazole rings is 1. The number of nitrogens with zero attached hydrogens (tertiary/aromatic N) is 2. The number of aromatic nitrogens is 2. The molecule has 0 bridgehead atoms. The molecule has 0 saturated carbocycles. The molecule has 108 valence electrons. The lowest BCUT2D eigenvalue weighted by Crippen LogP contribution is -2.33. The van der Waals surface area contributed by atoms with Crippen molar-refractivity contribution in [2.45, 2.75) is 0 Å². The molecule has 2 amide bonds. The number of amides is 2. The second-order valence-electron chi connectivity index (χ2n) is 4.57. The largest absolute Gasteiger partial charge is 0.334 e. The molecule has 0 atom stereocenters. The summed E-state index contributed by atoms with van der Waals surface area (Å²) in [6, 6.07) is 16.9. The molecule has 0 aliphatic carbocycles. The minimum absolute atomic E-state index is 0.271. The molecule has 0 unspecified atom stereocenters. The third-order valence-corrected chi connectivity index (χ3v) is 3.02. The van der Waals surface area contributed by atoms with E-state index in [1.807, 2.05) is 54.6 Å². The van der Waals surface area contributed by atoms with Gasteiger partial charge in [-0.05, 0) is 24.3 Å². The summed E-state index contributed by atoms with van der Waals surface area (Å²) in [6.07, 6.45) is 1.57. The SMILES string of the molecule is O=C(NCC#Cc1ccccc1)Nn1cnc2ccccc21. The van der Waals surface area contributed by atoms with E-state index >= 15 is 0 Å². The van der Waals surface area contributed by atoms with Crippen LogP contribution in [0.25, 0.3) is 11.0 Å². The zero-order valence-electron chi connectivity index (χ0n) is 11.8. The van der Waals surface area contributed by atoms with Crippen molar-refractivity contribution in [1.29, 1.82) is 0 Å². The third-order valence-electron chi connectivity index (χ3n) is 3.02. The summed E-state index contributed by atoms with van der Waals surface area (Å²) in [4.78, 5) is 16.0. The molecule has 2 aromatic carbocycles. The van der Waals surface area contributed by atoms with E-state index in [0.29, 0.717) is 0 Å². The van der Waals surface area contributed by atoms with Gasteiger partial charge in [0.15, 0.2) is 0 Å². The molecule has 3 aromatic rings. The fourth-order valence-corrected chi connectivity index (χ4v) is 1.99. The number of para-hydroxylation sites is 2. The van der Waals surface area contributed by atoms with Crippen molar-refractivity contribution in [3.05, 3.63) is 66.5 Å². The van der Waals surface area contributed by atoms with Crippen molar-refractivity contribution in [3.63, 3.8) is 0 Å². The van der Waals surface area contributed by atoms with Gasteiger partial charge in [-0.3, -0.25) is 0 Å². The van der Waals surface area contributed by atoms with E-state index in [0.717, 1.165) is 16.6 Å². The predicted octanol–water partition coefficient (Wildman–Crippen LogP) is 2.34. The van der Waals surface area contributed by atoms with E-state index in [-0.39, 0.29) is 12.6 Å². The normalized spacial score (nSPS) is 9.82. The quantitative estimate of drug-likeness (QED) is 0.712. The third kappa shape index (κ3) is 3.25. The van der Waals surface area contributed by atoms with E-state index in [1.54, 1.807) is 11.0 Å². The van der Waals surface area contributed by atoms with Gasteiger partial charge >= 0.3 is 6.03 Å². The fourth-order valence-electron chi connectivity index (χ4n) is 1.99. The minimum Gasteiger partial charge on any atom is -0.326 e. The maximum Gasteiger partial charge on any atom is 0.334 e. The van der Waals surface area contributed by atoms with Gasteiger partial charge in [0.25, 0.3) is 0 Å². The molecule has 0 aliphatic rings. The van der Waals surface area contributed by atoms with Crippen LogP contribution in [0.3, 0.4) is 0 Å². The first-order valence-electron chi connectivity index (χ1n) is 6.84. The summed E-state index contributed by atoms with van der Waals surface area (Å²) in [5, 5.41) is 2.68. The average molecular weight is 290 g/mol. The Labute approximate surface area is 127 Å². The molecule has 0 radical (unpaired) electrons. The van der Waals surface area contributed by atoms with Gasteiger partial charge in [0.1, 0.15) is 6.33 Å².